The maximum Gasteiger partial charge on any atom is 0.386 e. The lowest BCUT2D eigenvalue weighted by molar-refractivity contribution is -0.0365. The molecule has 0 bridgehead atoms. The molecule has 3 N–H and O–H groups in total. The van der Waals surface area contributed by atoms with Crippen molar-refractivity contribution in [2.75, 3.05) is 25.6 Å². The van der Waals surface area contributed by atoms with Crippen LogP contribution in [0.15, 0.2) is 30.1 Å². The summed E-state index contributed by atoms with van der Waals surface area (Å²) >= 11 is 8.45. The minimum Gasteiger partial charge on any atom is -0.382 e. The largest absolute Gasteiger partial charge is 0.386 e. The molecule has 8 rings (SSSR count). The Labute approximate surface area is 262 Å². The van der Waals surface area contributed by atoms with E-state index >= 15 is 0 Å². The van der Waals surface area contributed by atoms with Gasteiger partial charge in [-0.2, -0.15) is 0 Å². The molecule has 0 aromatic carbocycles. The van der Waals surface area contributed by atoms with E-state index in [2.05, 4.69) is 59.6 Å². The van der Waals surface area contributed by atoms with Gasteiger partial charge in [-0.3, -0.25) is 18.4 Å². The summed E-state index contributed by atoms with van der Waals surface area (Å²) in [4.78, 5) is 32.7. The third kappa shape index (κ3) is 5.19. The average Bonchev–Trinajstić information content (AvgIpc) is 3.77. The van der Waals surface area contributed by atoms with Crippen molar-refractivity contribution in [2.45, 2.75) is 37.3 Å². The zero-order chi connectivity index (χ0) is 31.1. The van der Waals surface area contributed by atoms with Gasteiger partial charge in [0.05, 0.1) is 32.5 Å². The molecular weight excluding hydrogens is 672 g/mol. The molecule has 3 aliphatic rings. The lowest BCUT2D eigenvalue weighted by Crippen LogP contribution is -2.43. The van der Waals surface area contributed by atoms with Crippen molar-refractivity contribution in [1.29, 1.82) is 0 Å². The summed E-state index contributed by atoms with van der Waals surface area (Å²) < 4.78 is 60.7. The number of nitrogens with zero attached hydrogens (tertiary/aromatic N) is 9. The van der Waals surface area contributed by atoms with Gasteiger partial charge in [0, 0.05) is 18.4 Å². The molecule has 2 aliphatic heterocycles. The van der Waals surface area contributed by atoms with Crippen molar-refractivity contribution < 1.29 is 32.0 Å². The van der Waals surface area contributed by atoms with Crippen LogP contribution in [0.4, 0.5) is 5.82 Å². The Morgan fingerprint density at radius 3 is 2.56 bits per heavy atom. The van der Waals surface area contributed by atoms with E-state index < -0.39 is 32.0 Å². The van der Waals surface area contributed by atoms with Gasteiger partial charge in [0.2, 0.25) is 5.78 Å². The SMILES string of the molecule is Nc1ncnc2c1ncn2[C@H]1C[C@@H]2O[P@](=O)(S)OC[C@H]3C[C@@H](n4cnc5c(=O)n6cnnc6[nH]c54)[C@@H]3CO[P@@](=O)(S)OC[C@H]2O1. The number of anilines is 1. The Balaban J connectivity index is 1.04. The highest BCUT2D eigenvalue weighted by Gasteiger charge is 2.47. The van der Waals surface area contributed by atoms with Crippen molar-refractivity contribution in [3.05, 3.63) is 35.7 Å². The summed E-state index contributed by atoms with van der Waals surface area (Å²) in [5.74, 6) is -0.0593. The summed E-state index contributed by atoms with van der Waals surface area (Å²) in [5, 5.41) is 7.71. The monoisotopic (exact) mass is 697 g/mol. The van der Waals surface area contributed by atoms with Gasteiger partial charge >= 0.3 is 13.6 Å². The second-order valence-electron chi connectivity index (χ2n) is 10.9. The Morgan fingerprint density at radius 1 is 0.911 bits per heavy atom. The van der Waals surface area contributed by atoms with Crippen LogP contribution in [0.25, 0.3) is 28.1 Å². The Kier molecular flexibility index (Phi) is 7.12. The number of hydrogen-bond acceptors (Lipinski definition) is 15. The van der Waals surface area contributed by atoms with Crippen LogP contribution >= 0.6 is 38.1 Å². The maximum atomic E-state index is 13.5. The molecule has 23 heteroatoms. The first-order valence-corrected chi connectivity index (χ1v) is 19.1. The molecule has 5 aromatic heterocycles. The molecule has 238 valence electrons. The second-order valence-corrected chi connectivity index (χ2v) is 16.7. The molecule has 7 heterocycles. The zero-order valence-electron chi connectivity index (χ0n) is 23.0. The number of nitrogens with two attached hydrogens (primary N) is 1. The van der Waals surface area contributed by atoms with E-state index in [0.29, 0.717) is 23.2 Å². The van der Waals surface area contributed by atoms with Crippen LogP contribution in [-0.4, -0.2) is 80.7 Å². The highest BCUT2D eigenvalue weighted by atomic mass is 32.7. The number of nitrogens with one attached hydrogen (secondary N) is 1. The summed E-state index contributed by atoms with van der Waals surface area (Å²) in [6.07, 6.45) is 4.02. The number of thiol groups is 2. The molecule has 1 aliphatic carbocycles. The van der Waals surface area contributed by atoms with Crippen LogP contribution < -0.4 is 11.3 Å². The van der Waals surface area contributed by atoms with Crippen molar-refractivity contribution in [3.8, 4) is 0 Å². The van der Waals surface area contributed by atoms with Gasteiger partial charge in [-0.05, 0) is 12.3 Å². The van der Waals surface area contributed by atoms with Crippen LogP contribution in [0, 0.1) is 11.8 Å². The number of rotatable bonds is 2. The predicted molar refractivity (Wildman–Crippen MR) is 162 cm³/mol. The number of aromatic nitrogens is 10. The fourth-order valence-electron chi connectivity index (χ4n) is 6.11. The fourth-order valence-corrected chi connectivity index (χ4v) is 8.85. The highest BCUT2D eigenvalue weighted by Crippen LogP contribution is 2.60. The first-order valence-electron chi connectivity index (χ1n) is 13.7. The van der Waals surface area contributed by atoms with E-state index in [1.54, 1.807) is 15.5 Å². The molecule has 3 fully saturated rings. The topological polar surface area (TPSA) is 231 Å². The molecule has 19 nitrogen and oxygen atoms in total. The third-order valence-corrected chi connectivity index (χ3v) is 11.7. The van der Waals surface area contributed by atoms with E-state index in [1.807, 2.05) is 0 Å². The number of nitrogen functional groups attached to an aromatic ring is 1. The molecule has 45 heavy (non-hydrogen) atoms. The van der Waals surface area contributed by atoms with Crippen LogP contribution in [-0.2, 0) is 32.0 Å². The normalized spacial score (nSPS) is 34.5. The van der Waals surface area contributed by atoms with E-state index in [1.165, 1.54) is 23.4 Å². The third-order valence-electron chi connectivity index (χ3n) is 8.42. The number of fused-ring (bicyclic) bond motifs is 5. The van der Waals surface area contributed by atoms with Gasteiger partial charge in [-0.15, -0.1) is 10.2 Å². The number of H-pyrrole nitrogens is 1. The number of hydrogen-bond donors (Lipinski definition) is 4. The van der Waals surface area contributed by atoms with Gasteiger partial charge in [-0.25, -0.2) is 33.5 Å². The Bertz CT molecular complexity index is 2100. The van der Waals surface area contributed by atoms with E-state index in [-0.39, 0.29) is 66.8 Å². The van der Waals surface area contributed by atoms with Crippen molar-refractivity contribution in [1.82, 2.24) is 48.7 Å². The van der Waals surface area contributed by atoms with E-state index in [9.17, 15) is 13.9 Å². The molecule has 5 aromatic rings. The number of ether oxygens (including phenoxy) is 1. The minimum atomic E-state index is -3.92. The van der Waals surface area contributed by atoms with Gasteiger partial charge in [0.25, 0.3) is 5.56 Å². The molecule has 0 radical (unpaired) electrons. The smallest absolute Gasteiger partial charge is 0.382 e. The van der Waals surface area contributed by atoms with Crippen LogP contribution in [0.1, 0.15) is 25.1 Å². The fraction of sp³-hybridized carbons (Fsp3) is 0.500. The van der Waals surface area contributed by atoms with Gasteiger partial charge in [0.1, 0.15) is 42.3 Å². The number of aromatic amines is 1. The van der Waals surface area contributed by atoms with E-state index in [4.69, 9.17) is 28.6 Å². The molecule has 0 spiro atoms. The van der Waals surface area contributed by atoms with Crippen LogP contribution in [0.5, 0.6) is 0 Å². The maximum absolute atomic E-state index is 13.5. The van der Waals surface area contributed by atoms with Gasteiger partial charge in [0.15, 0.2) is 17.0 Å². The highest BCUT2D eigenvalue weighted by molar-refractivity contribution is 8.44. The quantitative estimate of drug-likeness (QED) is 0.153. The summed E-state index contributed by atoms with van der Waals surface area (Å²) in [6, 6.07) is -0.255. The first kappa shape index (κ1) is 29.5. The molecule has 2 saturated heterocycles. The first-order chi connectivity index (χ1) is 21.6. The lowest BCUT2D eigenvalue weighted by Gasteiger charge is -2.45. The molecule has 0 amide bonds. The second kappa shape index (κ2) is 10.9. The van der Waals surface area contributed by atoms with Crippen molar-refractivity contribution in [3.63, 3.8) is 0 Å². The summed E-state index contributed by atoms with van der Waals surface area (Å²) in [5.41, 5.74) is 7.03. The molecular formula is C22H25N11O8P2S2. The standard InChI is InChI=1S/C22H25N11O8P2S2/c23-18-16-19(25-6-24-18)32(8-26-16)15-2-13-14(40-15)5-39-42(35,44)38-4-11-10(3-37-43(36,45)41-13)1-12(11)31-7-27-17-20(31)29-22-30-28-9-33(22)21(17)34/h6-15H,1-5H2,(H,29,30)(H,35,44)(H,36,45)(H2,23,24,25)/t10-,11-,12-,13+,14-,15-,42-,43-/m1/s1. The summed E-state index contributed by atoms with van der Waals surface area (Å²) in [6.45, 7) is -8.13. The van der Waals surface area contributed by atoms with Crippen LogP contribution in [0.3, 0.4) is 0 Å². The minimum absolute atomic E-state index is 0.00460. The molecule has 0 unspecified atom stereocenters. The number of imidazole rings is 2. The Hall–Kier alpha value is -2.87. The zero-order valence-corrected chi connectivity index (χ0v) is 26.5. The average molecular weight is 698 g/mol. The lowest BCUT2D eigenvalue weighted by atomic mass is 9.70. The van der Waals surface area contributed by atoms with Crippen LogP contribution in [0.2, 0.25) is 0 Å². The molecule has 8 atom stereocenters. The summed E-state index contributed by atoms with van der Waals surface area (Å²) in [7, 11) is 0. The molecule has 1 saturated carbocycles. The van der Waals surface area contributed by atoms with Gasteiger partial charge < -0.3 is 29.1 Å². The van der Waals surface area contributed by atoms with Crippen molar-refractivity contribution >= 4 is 72.0 Å². The van der Waals surface area contributed by atoms with Crippen molar-refractivity contribution in [2.24, 2.45) is 11.8 Å². The van der Waals surface area contributed by atoms with Gasteiger partial charge in [-0.1, -0.05) is 24.5 Å². The Morgan fingerprint density at radius 2 is 1.69 bits per heavy atom. The van der Waals surface area contributed by atoms with E-state index in [0.717, 1.165) is 0 Å². The predicted octanol–water partition coefficient (Wildman–Crippen LogP) is 2.18.